The highest BCUT2D eigenvalue weighted by Gasteiger charge is 2.33. The summed E-state index contributed by atoms with van der Waals surface area (Å²) >= 11 is 0. The Labute approximate surface area is 63.9 Å². The van der Waals surface area contributed by atoms with Crippen molar-refractivity contribution in [3.05, 3.63) is 18.0 Å². The summed E-state index contributed by atoms with van der Waals surface area (Å²) in [5, 5.41) is 0. The van der Waals surface area contributed by atoms with Gasteiger partial charge in [-0.3, -0.25) is 4.94 Å². The maximum Gasteiger partial charge on any atom is 0.433 e. The summed E-state index contributed by atoms with van der Waals surface area (Å²) < 4.78 is 46.8. The van der Waals surface area contributed by atoms with Crippen molar-refractivity contribution < 1.29 is 22.6 Å². The molecule has 7 heteroatoms. The van der Waals surface area contributed by atoms with Gasteiger partial charge in [0.1, 0.15) is 0 Å². The Hall–Kier alpha value is -1.40. The first kappa shape index (κ1) is 8.69. The summed E-state index contributed by atoms with van der Waals surface area (Å²) in [6, 6.07) is -0.340. The van der Waals surface area contributed by atoms with E-state index in [1.807, 2.05) is 0 Å². The molecule has 1 aromatic rings. The standard InChI is InChI=1S/C5H2F4N2O/c6-5(7,8)3-1-2-10-4(11-3)12-9/h1-2H. The largest absolute Gasteiger partial charge is 0.433 e. The van der Waals surface area contributed by atoms with Crippen LogP contribution >= 0.6 is 0 Å². The molecular weight excluding hydrogens is 180 g/mol. The monoisotopic (exact) mass is 182 g/mol. The molecular formula is C5H2F4N2O. The van der Waals surface area contributed by atoms with Gasteiger partial charge >= 0.3 is 12.2 Å². The molecule has 0 amide bonds. The van der Waals surface area contributed by atoms with Gasteiger partial charge in [-0.25, -0.2) is 4.98 Å². The molecule has 0 aliphatic heterocycles. The fourth-order valence-corrected chi connectivity index (χ4v) is 0.536. The van der Waals surface area contributed by atoms with Crippen molar-refractivity contribution in [2.75, 3.05) is 0 Å². The Balaban J connectivity index is 3.02. The molecule has 0 atom stereocenters. The number of hydrogen-bond acceptors (Lipinski definition) is 3. The predicted octanol–water partition coefficient (Wildman–Crippen LogP) is 1.76. The third-order valence-electron chi connectivity index (χ3n) is 0.993. The Bertz CT molecular complexity index is 274. The van der Waals surface area contributed by atoms with Crippen molar-refractivity contribution in [1.82, 2.24) is 9.97 Å². The molecule has 0 N–H and O–H groups in total. The molecule has 66 valence electrons. The van der Waals surface area contributed by atoms with Gasteiger partial charge in [0.05, 0.1) is 0 Å². The molecule has 0 aromatic carbocycles. The quantitative estimate of drug-likeness (QED) is 0.620. The maximum absolute atomic E-state index is 11.8. The number of hydrogen-bond donors (Lipinski definition) is 0. The lowest BCUT2D eigenvalue weighted by Gasteiger charge is -2.03. The molecule has 0 fully saturated rings. The van der Waals surface area contributed by atoms with Crippen LogP contribution in [0.4, 0.5) is 17.7 Å². The van der Waals surface area contributed by atoms with Gasteiger partial charge in [0.15, 0.2) is 5.69 Å². The SMILES string of the molecule is FOc1nccc(C(F)(F)F)n1. The highest BCUT2D eigenvalue weighted by atomic mass is 19.4. The van der Waals surface area contributed by atoms with Gasteiger partial charge in [-0.2, -0.15) is 18.2 Å². The van der Waals surface area contributed by atoms with Crippen molar-refractivity contribution in [3.8, 4) is 6.01 Å². The average Bonchev–Trinajstić information content (AvgIpc) is 2.03. The molecule has 1 heterocycles. The van der Waals surface area contributed by atoms with Crippen LogP contribution in [0.5, 0.6) is 6.01 Å². The summed E-state index contributed by atoms with van der Waals surface area (Å²) in [5.41, 5.74) is -1.25. The highest BCUT2D eigenvalue weighted by molar-refractivity contribution is 5.08. The Morgan fingerprint density at radius 3 is 2.50 bits per heavy atom. The number of aromatic nitrogens is 2. The van der Waals surface area contributed by atoms with Crippen molar-refractivity contribution in [2.24, 2.45) is 0 Å². The zero-order valence-corrected chi connectivity index (χ0v) is 5.47. The molecule has 0 unspecified atom stereocenters. The second kappa shape index (κ2) is 2.92. The minimum Gasteiger partial charge on any atom is -0.251 e. The fraction of sp³-hybridized carbons (Fsp3) is 0.200. The van der Waals surface area contributed by atoms with E-state index in [0.717, 1.165) is 6.20 Å². The number of nitrogens with zero attached hydrogens (tertiary/aromatic N) is 2. The van der Waals surface area contributed by atoms with E-state index in [0.29, 0.717) is 6.07 Å². The molecule has 0 aliphatic carbocycles. The zero-order chi connectivity index (χ0) is 9.19. The third kappa shape index (κ3) is 1.80. The maximum atomic E-state index is 11.8. The van der Waals surface area contributed by atoms with Crippen molar-refractivity contribution in [3.63, 3.8) is 0 Å². The Morgan fingerprint density at radius 2 is 2.00 bits per heavy atom. The van der Waals surface area contributed by atoms with Gasteiger partial charge in [-0.05, 0) is 6.07 Å². The van der Waals surface area contributed by atoms with Gasteiger partial charge < -0.3 is 0 Å². The Morgan fingerprint density at radius 1 is 1.33 bits per heavy atom. The topological polar surface area (TPSA) is 35.0 Å². The van der Waals surface area contributed by atoms with Gasteiger partial charge in [-0.1, -0.05) is 0 Å². The zero-order valence-electron chi connectivity index (χ0n) is 5.47. The van der Waals surface area contributed by atoms with E-state index in [1.54, 1.807) is 0 Å². The molecule has 1 rings (SSSR count). The van der Waals surface area contributed by atoms with Crippen LogP contribution in [-0.4, -0.2) is 9.97 Å². The summed E-state index contributed by atoms with van der Waals surface area (Å²) in [4.78, 5) is 8.72. The first-order chi connectivity index (χ1) is 5.54. The van der Waals surface area contributed by atoms with Gasteiger partial charge in [0.2, 0.25) is 0 Å². The van der Waals surface area contributed by atoms with Crippen LogP contribution in [-0.2, 0) is 6.18 Å². The molecule has 0 saturated carbocycles. The van der Waals surface area contributed by atoms with Crippen LogP contribution < -0.4 is 4.94 Å². The van der Waals surface area contributed by atoms with E-state index in [1.165, 1.54) is 0 Å². The van der Waals surface area contributed by atoms with Crippen LogP contribution in [0.3, 0.4) is 0 Å². The lowest BCUT2D eigenvalue weighted by Crippen LogP contribution is -2.08. The summed E-state index contributed by atoms with van der Waals surface area (Å²) in [6.07, 6.45) is -3.86. The van der Waals surface area contributed by atoms with Crippen molar-refractivity contribution in [2.45, 2.75) is 6.18 Å². The summed E-state index contributed by atoms with van der Waals surface area (Å²) in [5.74, 6) is 0. The van der Waals surface area contributed by atoms with E-state index in [4.69, 9.17) is 0 Å². The first-order valence-electron chi connectivity index (χ1n) is 2.73. The van der Waals surface area contributed by atoms with E-state index >= 15 is 0 Å². The molecule has 0 bridgehead atoms. The molecule has 0 aliphatic rings. The second-order valence-electron chi connectivity index (χ2n) is 1.80. The van der Waals surface area contributed by atoms with E-state index in [-0.39, 0.29) is 0 Å². The number of alkyl halides is 3. The summed E-state index contributed by atoms with van der Waals surface area (Å²) in [6.45, 7) is 0. The third-order valence-corrected chi connectivity index (χ3v) is 0.993. The lowest BCUT2D eigenvalue weighted by atomic mass is 10.4. The van der Waals surface area contributed by atoms with Crippen molar-refractivity contribution >= 4 is 0 Å². The van der Waals surface area contributed by atoms with Crippen LogP contribution in [0.15, 0.2) is 12.3 Å². The van der Waals surface area contributed by atoms with Crippen molar-refractivity contribution in [1.29, 1.82) is 0 Å². The van der Waals surface area contributed by atoms with Gasteiger partial charge in [-0.15, -0.1) is 0 Å². The second-order valence-corrected chi connectivity index (χ2v) is 1.80. The molecule has 12 heavy (non-hydrogen) atoms. The number of rotatable bonds is 1. The smallest absolute Gasteiger partial charge is 0.251 e. The van der Waals surface area contributed by atoms with Crippen LogP contribution in [0.25, 0.3) is 0 Å². The first-order valence-corrected chi connectivity index (χ1v) is 2.73. The van der Waals surface area contributed by atoms with Crippen LogP contribution in [0, 0.1) is 0 Å². The molecule has 1 aromatic heterocycles. The van der Waals surface area contributed by atoms with Gasteiger partial charge in [0.25, 0.3) is 0 Å². The van der Waals surface area contributed by atoms with Crippen LogP contribution in [0.2, 0.25) is 0 Å². The predicted molar refractivity (Wildman–Crippen MR) is 28.8 cm³/mol. The lowest BCUT2D eigenvalue weighted by molar-refractivity contribution is -0.142. The number of halogens is 4. The van der Waals surface area contributed by atoms with E-state index < -0.39 is 17.9 Å². The molecule has 0 saturated heterocycles. The van der Waals surface area contributed by atoms with Gasteiger partial charge in [0, 0.05) is 10.7 Å². The van der Waals surface area contributed by atoms with E-state index in [2.05, 4.69) is 14.9 Å². The minimum absolute atomic E-state index is 0.614. The fourth-order valence-electron chi connectivity index (χ4n) is 0.536. The Kier molecular flexibility index (Phi) is 2.11. The summed E-state index contributed by atoms with van der Waals surface area (Å²) in [7, 11) is 0. The normalized spacial score (nSPS) is 11.3. The minimum atomic E-state index is -4.61. The van der Waals surface area contributed by atoms with Crippen LogP contribution in [0.1, 0.15) is 5.69 Å². The van der Waals surface area contributed by atoms with E-state index in [9.17, 15) is 17.7 Å². The highest BCUT2D eigenvalue weighted by Crippen LogP contribution is 2.27. The molecule has 0 radical (unpaired) electrons. The average molecular weight is 182 g/mol. The molecule has 3 nitrogen and oxygen atoms in total. The molecule has 0 spiro atoms.